The Morgan fingerprint density at radius 2 is 1.95 bits per heavy atom. The van der Waals surface area contributed by atoms with Crippen LogP contribution in [0.1, 0.15) is 31.7 Å². The molecule has 1 amide bonds. The molecule has 0 saturated heterocycles. The van der Waals surface area contributed by atoms with Crippen molar-refractivity contribution in [3.8, 4) is 0 Å². The minimum Gasteiger partial charge on any atom is -0.481 e. The van der Waals surface area contributed by atoms with Crippen LogP contribution in [0.25, 0.3) is 0 Å². The third-order valence-corrected chi connectivity index (χ3v) is 3.85. The monoisotopic (exact) mass is 275 g/mol. The van der Waals surface area contributed by atoms with Gasteiger partial charge >= 0.3 is 5.97 Å². The Morgan fingerprint density at radius 1 is 1.30 bits per heavy atom. The van der Waals surface area contributed by atoms with Crippen LogP contribution in [0.4, 0.5) is 0 Å². The Kier molecular flexibility index (Phi) is 4.42. The molecule has 1 fully saturated rings. The van der Waals surface area contributed by atoms with Crippen LogP contribution in [0.5, 0.6) is 0 Å². The highest BCUT2D eigenvalue weighted by molar-refractivity contribution is 5.85. The summed E-state index contributed by atoms with van der Waals surface area (Å²) in [5, 5.41) is 11.6. The van der Waals surface area contributed by atoms with E-state index in [1.54, 1.807) is 0 Å². The van der Waals surface area contributed by atoms with Crippen molar-refractivity contribution in [3.63, 3.8) is 0 Å². The van der Waals surface area contributed by atoms with Gasteiger partial charge in [-0.25, -0.2) is 0 Å². The van der Waals surface area contributed by atoms with Crippen LogP contribution in [0, 0.1) is 11.3 Å². The maximum Gasteiger partial charge on any atom is 0.303 e. The minimum absolute atomic E-state index is 0.0380. The van der Waals surface area contributed by atoms with Crippen LogP contribution in [0.3, 0.4) is 0 Å². The van der Waals surface area contributed by atoms with Crippen LogP contribution in [0.2, 0.25) is 0 Å². The second kappa shape index (κ2) is 6.07. The molecule has 0 heterocycles. The van der Waals surface area contributed by atoms with E-state index < -0.39 is 5.97 Å². The van der Waals surface area contributed by atoms with E-state index in [1.807, 2.05) is 37.3 Å². The van der Waals surface area contributed by atoms with Gasteiger partial charge in [0.25, 0.3) is 0 Å². The fourth-order valence-corrected chi connectivity index (χ4v) is 2.45. The quantitative estimate of drug-likeness (QED) is 0.802. The average Bonchev–Trinajstić information content (AvgIpc) is 3.17. The van der Waals surface area contributed by atoms with Gasteiger partial charge in [-0.1, -0.05) is 37.3 Å². The number of hydrogen-bond acceptors (Lipinski definition) is 2. The van der Waals surface area contributed by atoms with Crippen LogP contribution >= 0.6 is 0 Å². The number of rotatable bonds is 7. The van der Waals surface area contributed by atoms with Crippen molar-refractivity contribution in [2.45, 2.75) is 32.6 Å². The molecule has 1 aromatic carbocycles. The van der Waals surface area contributed by atoms with E-state index in [4.69, 9.17) is 5.11 Å². The molecule has 1 atom stereocenters. The second-order valence-electron chi connectivity index (χ2n) is 5.86. The van der Waals surface area contributed by atoms with Gasteiger partial charge in [0.15, 0.2) is 0 Å². The minimum atomic E-state index is -0.822. The Labute approximate surface area is 119 Å². The molecule has 1 saturated carbocycles. The molecule has 4 heteroatoms. The molecule has 0 spiro atoms. The summed E-state index contributed by atoms with van der Waals surface area (Å²) in [7, 11) is 0. The van der Waals surface area contributed by atoms with Crippen molar-refractivity contribution >= 4 is 11.9 Å². The third-order valence-electron chi connectivity index (χ3n) is 3.85. The third kappa shape index (κ3) is 3.83. The molecule has 0 bridgehead atoms. The lowest BCUT2D eigenvalue weighted by Gasteiger charge is -2.17. The predicted octanol–water partition coefficient (Wildman–Crippen LogP) is 2.24. The fourth-order valence-electron chi connectivity index (χ4n) is 2.45. The summed E-state index contributed by atoms with van der Waals surface area (Å²) < 4.78 is 0. The SMILES string of the molecule is CC(CNC(=O)C1(Cc2ccccc2)CC1)CC(=O)O. The molecule has 1 aliphatic carbocycles. The molecule has 2 N–H and O–H groups in total. The Hall–Kier alpha value is -1.84. The maximum atomic E-state index is 12.3. The second-order valence-corrected chi connectivity index (χ2v) is 5.86. The first kappa shape index (κ1) is 14.6. The van der Waals surface area contributed by atoms with E-state index in [1.165, 1.54) is 5.56 Å². The zero-order valence-corrected chi connectivity index (χ0v) is 11.8. The highest BCUT2D eigenvalue weighted by Crippen LogP contribution is 2.48. The number of benzene rings is 1. The smallest absolute Gasteiger partial charge is 0.303 e. The largest absolute Gasteiger partial charge is 0.481 e. The molecule has 108 valence electrons. The van der Waals surface area contributed by atoms with Crippen molar-refractivity contribution in [2.24, 2.45) is 11.3 Å². The van der Waals surface area contributed by atoms with Gasteiger partial charge in [0.05, 0.1) is 5.41 Å². The maximum absolute atomic E-state index is 12.3. The summed E-state index contributed by atoms with van der Waals surface area (Å²) in [6.07, 6.45) is 2.70. The van der Waals surface area contributed by atoms with Crippen molar-refractivity contribution in [2.75, 3.05) is 6.54 Å². The lowest BCUT2D eigenvalue weighted by Crippen LogP contribution is -2.36. The molecular weight excluding hydrogens is 254 g/mol. The van der Waals surface area contributed by atoms with Gasteiger partial charge in [0, 0.05) is 13.0 Å². The van der Waals surface area contributed by atoms with E-state index in [9.17, 15) is 9.59 Å². The standard InChI is InChI=1S/C16H21NO3/c1-12(9-14(18)19)11-17-15(20)16(7-8-16)10-13-5-3-2-4-6-13/h2-6,12H,7-11H2,1H3,(H,17,20)(H,18,19). The predicted molar refractivity (Wildman–Crippen MR) is 76.2 cm³/mol. The normalized spacial score (nSPS) is 17.2. The van der Waals surface area contributed by atoms with Crippen molar-refractivity contribution in [1.29, 1.82) is 0 Å². The lowest BCUT2D eigenvalue weighted by atomic mass is 9.95. The number of aliphatic carboxylic acids is 1. The summed E-state index contributed by atoms with van der Waals surface area (Å²) >= 11 is 0. The van der Waals surface area contributed by atoms with Crippen molar-refractivity contribution in [3.05, 3.63) is 35.9 Å². The topological polar surface area (TPSA) is 66.4 Å². The van der Waals surface area contributed by atoms with E-state index in [0.29, 0.717) is 6.54 Å². The average molecular weight is 275 g/mol. The molecule has 1 aliphatic rings. The van der Waals surface area contributed by atoms with Crippen LogP contribution in [-0.2, 0) is 16.0 Å². The number of hydrogen-bond donors (Lipinski definition) is 2. The summed E-state index contributed by atoms with van der Waals surface area (Å²) in [5.74, 6) is -0.792. The molecule has 1 unspecified atom stereocenters. The number of carboxylic acid groups (broad SMARTS) is 1. The molecular formula is C16H21NO3. The highest BCUT2D eigenvalue weighted by atomic mass is 16.4. The van der Waals surface area contributed by atoms with E-state index in [2.05, 4.69) is 5.32 Å². The van der Waals surface area contributed by atoms with Gasteiger partial charge in [-0.3, -0.25) is 9.59 Å². The van der Waals surface area contributed by atoms with Crippen LogP contribution in [0.15, 0.2) is 30.3 Å². The number of nitrogens with one attached hydrogen (secondary N) is 1. The van der Waals surface area contributed by atoms with Gasteiger partial charge in [-0.05, 0) is 30.7 Å². The number of carbonyl (C=O) groups excluding carboxylic acids is 1. The molecule has 0 aromatic heterocycles. The molecule has 2 rings (SSSR count). The number of carbonyl (C=O) groups is 2. The fraction of sp³-hybridized carbons (Fsp3) is 0.500. The first-order valence-corrected chi connectivity index (χ1v) is 7.06. The van der Waals surface area contributed by atoms with E-state index in [0.717, 1.165) is 19.3 Å². The summed E-state index contributed by atoms with van der Waals surface area (Å²) in [4.78, 5) is 22.9. The molecule has 20 heavy (non-hydrogen) atoms. The van der Waals surface area contributed by atoms with Crippen LogP contribution < -0.4 is 5.32 Å². The van der Waals surface area contributed by atoms with Gasteiger partial charge in [0.2, 0.25) is 5.91 Å². The zero-order valence-electron chi connectivity index (χ0n) is 11.8. The first-order valence-electron chi connectivity index (χ1n) is 7.06. The van der Waals surface area contributed by atoms with Gasteiger partial charge in [-0.15, -0.1) is 0 Å². The van der Waals surface area contributed by atoms with Gasteiger partial charge in [0.1, 0.15) is 0 Å². The molecule has 1 aromatic rings. The van der Waals surface area contributed by atoms with E-state index >= 15 is 0 Å². The van der Waals surface area contributed by atoms with Crippen LogP contribution in [-0.4, -0.2) is 23.5 Å². The Bertz CT molecular complexity index is 480. The van der Waals surface area contributed by atoms with Gasteiger partial charge < -0.3 is 10.4 Å². The summed E-state index contributed by atoms with van der Waals surface area (Å²) in [5.41, 5.74) is 0.920. The van der Waals surface area contributed by atoms with Gasteiger partial charge in [-0.2, -0.15) is 0 Å². The lowest BCUT2D eigenvalue weighted by molar-refractivity contribution is -0.138. The Balaban J connectivity index is 1.84. The summed E-state index contributed by atoms with van der Waals surface area (Å²) in [6, 6.07) is 10.0. The number of carboxylic acids is 1. The zero-order chi connectivity index (χ0) is 14.6. The summed E-state index contributed by atoms with van der Waals surface area (Å²) in [6.45, 7) is 2.27. The Morgan fingerprint density at radius 3 is 2.50 bits per heavy atom. The number of amides is 1. The highest BCUT2D eigenvalue weighted by Gasteiger charge is 2.49. The molecule has 4 nitrogen and oxygen atoms in total. The first-order chi connectivity index (χ1) is 9.52. The molecule has 0 radical (unpaired) electrons. The van der Waals surface area contributed by atoms with E-state index in [-0.39, 0.29) is 23.7 Å². The molecule has 0 aliphatic heterocycles. The van der Waals surface area contributed by atoms with Crippen molar-refractivity contribution < 1.29 is 14.7 Å². The van der Waals surface area contributed by atoms with Crippen molar-refractivity contribution in [1.82, 2.24) is 5.32 Å².